The lowest BCUT2D eigenvalue weighted by atomic mass is 9.79. The van der Waals surface area contributed by atoms with Crippen molar-refractivity contribution in [3.63, 3.8) is 0 Å². The first-order valence-corrected chi connectivity index (χ1v) is 11.6. The van der Waals surface area contributed by atoms with E-state index in [9.17, 15) is 30.7 Å². The van der Waals surface area contributed by atoms with Crippen LogP contribution in [0.2, 0.25) is 0 Å². The van der Waals surface area contributed by atoms with Gasteiger partial charge in [-0.2, -0.15) is 0 Å². The van der Waals surface area contributed by atoms with Gasteiger partial charge >= 0.3 is 0 Å². The second-order valence-electron chi connectivity index (χ2n) is 9.58. The number of benzene rings is 3. The Morgan fingerprint density at radius 3 is 1.86 bits per heavy atom. The fraction of sp³-hybridized carbons (Fsp3) is 0.357. The van der Waals surface area contributed by atoms with Gasteiger partial charge in [0.25, 0.3) is 5.92 Å². The van der Waals surface area contributed by atoms with E-state index in [2.05, 4.69) is 6.92 Å². The standard InChI is InChI=1S/C28H25F7/c1-15-3-5-18(6-4-15)19-7-8-21(24(31)11-19)20-12-25(32)27(26(33)13-20)28(34,35)14-17-9-22(29)16(2)23(30)10-17/h7-13,15,18H,3-6,14H2,1-2H3. The van der Waals surface area contributed by atoms with Crippen LogP contribution < -0.4 is 0 Å². The second-order valence-corrected chi connectivity index (χ2v) is 9.58. The highest BCUT2D eigenvalue weighted by atomic mass is 19.3. The van der Waals surface area contributed by atoms with E-state index in [4.69, 9.17) is 0 Å². The lowest BCUT2D eigenvalue weighted by Gasteiger charge is -2.26. The van der Waals surface area contributed by atoms with Gasteiger partial charge in [0.2, 0.25) is 0 Å². The predicted octanol–water partition coefficient (Wildman–Crippen LogP) is 8.99. The first kappa shape index (κ1) is 25.3. The van der Waals surface area contributed by atoms with Gasteiger partial charge in [-0.15, -0.1) is 0 Å². The summed E-state index contributed by atoms with van der Waals surface area (Å²) in [6.45, 7) is 3.32. The molecule has 1 saturated carbocycles. The van der Waals surface area contributed by atoms with Crippen molar-refractivity contribution >= 4 is 0 Å². The van der Waals surface area contributed by atoms with Crippen LogP contribution in [0, 0.1) is 41.9 Å². The molecule has 1 aliphatic carbocycles. The lowest BCUT2D eigenvalue weighted by Crippen LogP contribution is -2.21. The molecule has 0 amide bonds. The topological polar surface area (TPSA) is 0 Å². The zero-order valence-electron chi connectivity index (χ0n) is 19.4. The summed E-state index contributed by atoms with van der Waals surface area (Å²) in [6, 6.07) is 7.19. The van der Waals surface area contributed by atoms with Crippen LogP contribution >= 0.6 is 0 Å². The maximum Gasteiger partial charge on any atom is 0.282 e. The fourth-order valence-electron chi connectivity index (χ4n) is 4.84. The first-order valence-electron chi connectivity index (χ1n) is 11.6. The summed E-state index contributed by atoms with van der Waals surface area (Å²) in [6.07, 6.45) is 2.64. The zero-order chi connectivity index (χ0) is 25.5. The first-order chi connectivity index (χ1) is 16.5. The predicted molar refractivity (Wildman–Crippen MR) is 121 cm³/mol. The van der Waals surface area contributed by atoms with Crippen LogP contribution in [0.4, 0.5) is 30.7 Å². The molecular weight excluding hydrogens is 469 g/mol. The van der Waals surface area contributed by atoms with Crippen LogP contribution in [0.25, 0.3) is 11.1 Å². The minimum Gasteiger partial charge on any atom is -0.207 e. The summed E-state index contributed by atoms with van der Waals surface area (Å²) in [5.74, 6) is -9.15. The summed E-state index contributed by atoms with van der Waals surface area (Å²) >= 11 is 0. The average Bonchev–Trinajstić information content (AvgIpc) is 2.76. The van der Waals surface area contributed by atoms with Crippen molar-refractivity contribution < 1.29 is 30.7 Å². The molecule has 0 bridgehead atoms. The lowest BCUT2D eigenvalue weighted by molar-refractivity contribution is -0.0110. The van der Waals surface area contributed by atoms with Crippen molar-refractivity contribution in [3.8, 4) is 11.1 Å². The van der Waals surface area contributed by atoms with Crippen LogP contribution in [-0.2, 0) is 12.3 Å². The molecule has 186 valence electrons. The van der Waals surface area contributed by atoms with Gasteiger partial charge in [0.05, 0.1) is 5.56 Å². The van der Waals surface area contributed by atoms with E-state index in [1.54, 1.807) is 6.07 Å². The molecule has 1 fully saturated rings. The third-order valence-corrected chi connectivity index (χ3v) is 6.97. The quantitative estimate of drug-likeness (QED) is 0.311. The Bertz CT molecular complexity index is 1190. The van der Waals surface area contributed by atoms with Crippen molar-refractivity contribution in [2.45, 2.75) is 57.8 Å². The molecule has 0 spiro atoms. The van der Waals surface area contributed by atoms with Gasteiger partial charge in [-0.3, -0.25) is 0 Å². The van der Waals surface area contributed by atoms with Crippen LogP contribution in [0.3, 0.4) is 0 Å². The van der Waals surface area contributed by atoms with Crippen molar-refractivity contribution in [2.24, 2.45) is 5.92 Å². The molecule has 0 aromatic heterocycles. The third-order valence-electron chi connectivity index (χ3n) is 6.97. The van der Waals surface area contributed by atoms with E-state index >= 15 is 0 Å². The molecular formula is C28H25F7. The highest BCUT2D eigenvalue weighted by Gasteiger charge is 2.39. The van der Waals surface area contributed by atoms with E-state index in [0.29, 0.717) is 30.2 Å². The fourth-order valence-corrected chi connectivity index (χ4v) is 4.84. The molecule has 0 nitrogen and oxygen atoms in total. The molecule has 7 heteroatoms. The summed E-state index contributed by atoms with van der Waals surface area (Å²) in [4.78, 5) is 0. The minimum atomic E-state index is -4.10. The van der Waals surface area contributed by atoms with Gasteiger partial charge in [0, 0.05) is 17.5 Å². The van der Waals surface area contributed by atoms with Gasteiger partial charge in [-0.25, -0.2) is 30.7 Å². The number of alkyl halides is 2. The Hall–Kier alpha value is -2.83. The summed E-state index contributed by atoms with van der Waals surface area (Å²) in [5, 5.41) is 0. The van der Waals surface area contributed by atoms with Crippen LogP contribution in [-0.4, -0.2) is 0 Å². The SMILES string of the molecule is Cc1c(F)cc(CC(F)(F)c2c(F)cc(-c3ccc(C4CCC(C)CC4)cc3F)cc2F)cc1F. The molecule has 0 radical (unpaired) electrons. The number of rotatable bonds is 5. The Kier molecular flexibility index (Phi) is 6.98. The highest BCUT2D eigenvalue weighted by Crippen LogP contribution is 2.40. The molecule has 0 unspecified atom stereocenters. The Labute approximate surface area is 199 Å². The van der Waals surface area contributed by atoms with E-state index in [1.165, 1.54) is 12.1 Å². The minimum absolute atomic E-state index is 0.103. The smallest absolute Gasteiger partial charge is 0.207 e. The molecule has 0 atom stereocenters. The number of hydrogen-bond acceptors (Lipinski definition) is 0. The molecule has 0 N–H and O–H groups in total. The van der Waals surface area contributed by atoms with Gasteiger partial charge < -0.3 is 0 Å². The van der Waals surface area contributed by atoms with Crippen LogP contribution in [0.1, 0.15) is 60.8 Å². The number of hydrogen-bond donors (Lipinski definition) is 0. The van der Waals surface area contributed by atoms with Gasteiger partial charge in [0.1, 0.15) is 29.1 Å². The molecule has 35 heavy (non-hydrogen) atoms. The second kappa shape index (κ2) is 9.67. The van der Waals surface area contributed by atoms with Gasteiger partial charge in [-0.05, 0) is 78.6 Å². The normalized spacial score (nSPS) is 18.7. The van der Waals surface area contributed by atoms with Crippen molar-refractivity contribution in [3.05, 3.63) is 93.8 Å². The number of halogens is 7. The summed E-state index contributed by atoms with van der Waals surface area (Å²) in [7, 11) is 0. The van der Waals surface area contributed by atoms with Crippen LogP contribution in [0.5, 0.6) is 0 Å². The van der Waals surface area contributed by atoms with Crippen molar-refractivity contribution in [2.75, 3.05) is 0 Å². The highest BCUT2D eigenvalue weighted by molar-refractivity contribution is 5.65. The Morgan fingerprint density at radius 1 is 0.743 bits per heavy atom. The van der Waals surface area contributed by atoms with E-state index in [0.717, 1.165) is 38.2 Å². The summed E-state index contributed by atoms with van der Waals surface area (Å²) in [5.41, 5.74) is -1.83. The van der Waals surface area contributed by atoms with E-state index < -0.39 is 52.6 Å². The molecule has 3 aromatic rings. The Morgan fingerprint density at radius 2 is 1.31 bits per heavy atom. The zero-order valence-corrected chi connectivity index (χ0v) is 19.4. The molecule has 0 heterocycles. The molecule has 3 aromatic carbocycles. The van der Waals surface area contributed by atoms with E-state index in [1.807, 2.05) is 0 Å². The molecule has 0 saturated heterocycles. The molecule has 4 rings (SSSR count). The average molecular weight is 494 g/mol. The van der Waals surface area contributed by atoms with E-state index in [-0.39, 0.29) is 22.6 Å². The Balaban J connectivity index is 1.62. The largest absolute Gasteiger partial charge is 0.282 e. The maximum absolute atomic E-state index is 14.9. The van der Waals surface area contributed by atoms with Gasteiger partial charge in [-0.1, -0.05) is 31.9 Å². The molecule has 0 aliphatic heterocycles. The third kappa shape index (κ3) is 5.24. The van der Waals surface area contributed by atoms with Gasteiger partial charge in [0.15, 0.2) is 0 Å². The molecule has 1 aliphatic rings. The maximum atomic E-state index is 14.9. The monoisotopic (exact) mass is 494 g/mol. The van der Waals surface area contributed by atoms with Crippen molar-refractivity contribution in [1.82, 2.24) is 0 Å². The summed E-state index contributed by atoms with van der Waals surface area (Å²) < 4.78 is 102. The van der Waals surface area contributed by atoms with Crippen molar-refractivity contribution in [1.29, 1.82) is 0 Å². The van der Waals surface area contributed by atoms with Crippen LogP contribution in [0.15, 0.2) is 42.5 Å².